The number of benzene rings is 2. The molecule has 0 aromatic heterocycles. The molecule has 21 heavy (non-hydrogen) atoms. The Morgan fingerprint density at radius 1 is 1.14 bits per heavy atom. The molecule has 3 rings (SSSR count). The topological polar surface area (TPSA) is 18.5 Å². The molecule has 0 aliphatic heterocycles. The van der Waals surface area contributed by atoms with Crippen LogP contribution in [0.2, 0.25) is 0 Å². The van der Waals surface area contributed by atoms with Gasteiger partial charge in [-0.1, -0.05) is 42.2 Å². The Kier molecular flexibility index (Phi) is 4.65. The van der Waals surface area contributed by atoms with Crippen molar-refractivity contribution in [3.8, 4) is 17.6 Å². The molecule has 0 bridgehead atoms. The highest BCUT2D eigenvalue weighted by molar-refractivity contribution is 6.19. The Bertz CT molecular complexity index is 680. The molecule has 0 heterocycles. The van der Waals surface area contributed by atoms with E-state index in [1.165, 1.54) is 12.8 Å². The third-order valence-corrected chi connectivity index (χ3v) is 3.65. The SMILES string of the molecule is ClCC#Cc1c(OCOCC2CC2)ccc2ccccc12. The highest BCUT2D eigenvalue weighted by atomic mass is 35.5. The minimum atomic E-state index is 0.268. The van der Waals surface area contributed by atoms with Crippen molar-refractivity contribution in [2.45, 2.75) is 12.8 Å². The maximum Gasteiger partial charge on any atom is 0.189 e. The van der Waals surface area contributed by atoms with Gasteiger partial charge in [0.2, 0.25) is 0 Å². The van der Waals surface area contributed by atoms with Crippen molar-refractivity contribution < 1.29 is 9.47 Å². The maximum atomic E-state index is 5.75. The molecule has 0 amide bonds. The molecule has 2 aromatic rings. The Morgan fingerprint density at radius 2 is 2.00 bits per heavy atom. The quantitative estimate of drug-likeness (QED) is 0.357. The average Bonchev–Trinajstić information content (AvgIpc) is 3.34. The Morgan fingerprint density at radius 3 is 2.81 bits per heavy atom. The first-order valence-corrected chi connectivity index (χ1v) is 7.69. The third-order valence-electron chi connectivity index (χ3n) is 3.52. The van der Waals surface area contributed by atoms with Crippen molar-refractivity contribution in [2.24, 2.45) is 5.92 Å². The molecule has 108 valence electrons. The first-order chi connectivity index (χ1) is 10.4. The van der Waals surface area contributed by atoms with E-state index in [4.69, 9.17) is 21.1 Å². The minimum absolute atomic E-state index is 0.268. The second-order valence-electron chi connectivity index (χ2n) is 5.17. The summed E-state index contributed by atoms with van der Waals surface area (Å²) in [4.78, 5) is 0. The molecule has 1 aliphatic rings. The molecule has 0 unspecified atom stereocenters. The lowest BCUT2D eigenvalue weighted by atomic mass is 10.0. The predicted octanol–water partition coefficient (Wildman–Crippen LogP) is 4.19. The zero-order chi connectivity index (χ0) is 14.5. The summed E-state index contributed by atoms with van der Waals surface area (Å²) in [5, 5.41) is 2.22. The van der Waals surface area contributed by atoms with Gasteiger partial charge in [0.1, 0.15) is 5.75 Å². The largest absolute Gasteiger partial charge is 0.466 e. The standard InChI is InChI=1S/C18H17ClO2/c19-11-3-6-17-16-5-2-1-4-15(16)9-10-18(17)21-13-20-12-14-7-8-14/h1-2,4-5,9-10,14H,7-8,11-13H2. The molecule has 0 spiro atoms. The molecule has 0 saturated heterocycles. The fraction of sp³-hybridized carbons (Fsp3) is 0.333. The van der Waals surface area contributed by atoms with E-state index in [2.05, 4.69) is 17.9 Å². The van der Waals surface area contributed by atoms with E-state index in [1.807, 2.05) is 30.3 Å². The number of hydrogen-bond acceptors (Lipinski definition) is 2. The molecule has 2 nitrogen and oxygen atoms in total. The molecule has 1 fully saturated rings. The van der Waals surface area contributed by atoms with Gasteiger partial charge < -0.3 is 9.47 Å². The van der Waals surface area contributed by atoms with Crippen molar-refractivity contribution >= 4 is 22.4 Å². The van der Waals surface area contributed by atoms with Gasteiger partial charge in [-0.25, -0.2) is 0 Å². The van der Waals surface area contributed by atoms with Gasteiger partial charge in [0.25, 0.3) is 0 Å². The molecule has 3 heteroatoms. The summed E-state index contributed by atoms with van der Waals surface area (Å²) in [5.41, 5.74) is 0.878. The molecule has 0 atom stereocenters. The molecule has 1 saturated carbocycles. The maximum absolute atomic E-state index is 5.75. The summed E-state index contributed by atoms with van der Waals surface area (Å²) in [7, 11) is 0. The molecule has 2 aromatic carbocycles. The number of alkyl halides is 1. The lowest BCUT2D eigenvalue weighted by molar-refractivity contribution is 0.00991. The van der Waals surface area contributed by atoms with Crippen LogP contribution in [0.4, 0.5) is 0 Å². The third kappa shape index (κ3) is 3.69. The second kappa shape index (κ2) is 6.85. The van der Waals surface area contributed by atoms with Gasteiger partial charge in [0.05, 0.1) is 18.1 Å². The normalized spacial score (nSPS) is 13.8. The molecule has 0 N–H and O–H groups in total. The summed E-state index contributed by atoms with van der Waals surface area (Å²) in [6, 6.07) is 12.1. The predicted molar refractivity (Wildman–Crippen MR) is 85.7 cm³/mol. The van der Waals surface area contributed by atoms with Crippen LogP contribution < -0.4 is 4.74 Å². The number of halogens is 1. The zero-order valence-corrected chi connectivity index (χ0v) is 12.5. The van der Waals surface area contributed by atoms with E-state index in [0.29, 0.717) is 5.88 Å². The van der Waals surface area contributed by atoms with Crippen LogP contribution in [0, 0.1) is 17.8 Å². The van der Waals surface area contributed by atoms with Gasteiger partial charge in [0.15, 0.2) is 6.79 Å². The van der Waals surface area contributed by atoms with E-state index >= 15 is 0 Å². The summed E-state index contributed by atoms with van der Waals surface area (Å²) < 4.78 is 11.3. The van der Waals surface area contributed by atoms with Crippen molar-refractivity contribution in [1.82, 2.24) is 0 Å². The second-order valence-corrected chi connectivity index (χ2v) is 5.44. The average molecular weight is 301 g/mol. The molecular formula is C18H17ClO2. The fourth-order valence-electron chi connectivity index (χ4n) is 2.23. The Labute approximate surface area is 130 Å². The van der Waals surface area contributed by atoms with Crippen molar-refractivity contribution in [2.75, 3.05) is 19.3 Å². The monoisotopic (exact) mass is 300 g/mol. The minimum Gasteiger partial charge on any atom is -0.466 e. The number of rotatable bonds is 5. The summed E-state index contributed by atoms with van der Waals surface area (Å²) in [5.74, 6) is 7.81. The van der Waals surface area contributed by atoms with Gasteiger partial charge in [-0.05, 0) is 30.2 Å². The van der Waals surface area contributed by atoms with Gasteiger partial charge in [0, 0.05) is 5.39 Å². The van der Waals surface area contributed by atoms with Gasteiger partial charge in [-0.2, -0.15) is 0 Å². The highest BCUT2D eigenvalue weighted by Gasteiger charge is 2.21. The summed E-state index contributed by atoms with van der Waals surface area (Å²) >= 11 is 5.68. The van der Waals surface area contributed by atoms with Crippen LogP contribution in [0.1, 0.15) is 18.4 Å². The highest BCUT2D eigenvalue weighted by Crippen LogP contribution is 2.29. The van der Waals surface area contributed by atoms with Gasteiger partial charge >= 0.3 is 0 Å². The number of ether oxygens (including phenoxy) is 2. The van der Waals surface area contributed by atoms with Crippen LogP contribution in [-0.4, -0.2) is 19.3 Å². The first-order valence-electron chi connectivity index (χ1n) is 7.15. The van der Waals surface area contributed by atoms with Crippen LogP contribution in [0.3, 0.4) is 0 Å². The van der Waals surface area contributed by atoms with E-state index < -0.39 is 0 Å². The lowest BCUT2D eigenvalue weighted by Crippen LogP contribution is -2.06. The van der Waals surface area contributed by atoms with Crippen molar-refractivity contribution in [1.29, 1.82) is 0 Å². The van der Waals surface area contributed by atoms with Gasteiger partial charge in [-0.3, -0.25) is 0 Å². The summed E-state index contributed by atoms with van der Waals surface area (Å²) in [6.45, 7) is 1.06. The van der Waals surface area contributed by atoms with Crippen molar-refractivity contribution in [3.63, 3.8) is 0 Å². The summed E-state index contributed by atoms with van der Waals surface area (Å²) in [6.07, 6.45) is 2.56. The molecular weight excluding hydrogens is 284 g/mol. The Hall–Kier alpha value is -1.69. The van der Waals surface area contributed by atoms with Crippen molar-refractivity contribution in [3.05, 3.63) is 42.0 Å². The van der Waals surface area contributed by atoms with Crippen LogP contribution >= 0.6 is 11.6 Å². The van der Waals surface area contributed by atoms with Crippen LogP contribution in [0.25, 0.3) is 10.8 Å². The molecule has 1 aliphatic carbocycles. The Balaban J connectivity index is 1.81. The fourth-order valence-corrected chi connectivity index (χ4v) is 2.29. The first kappa shape index (κ1) is 14.3. The number of fused-ring (bicyclic) bond motifs is 1. The smallest absolute Gasteiger partial charge is 0.189 e. The van der Waals surface area contributed by atoms with Gasteiger partial charge in [-0.15, -0.1) is 11.6 Å². The molecule has 0 radical (unpaired) electrons. The van der Waals surface area contributed by atoms with Crippen LogP contribution in [0.15, 0.2) is 36.4 Å². The van der Waals surface area contributed by atoms with E-state index in [-0.39, 0.29) is 6.79 Å². The van der Waals surface area contributed by atoms with E-state index in [0.717, 1.165) is 34.6 Å². The number of hydrogen-bond donors (Lipinski definition) is 0. The zero-order valence-electron chi connectivity index (χ0n) is 11.8. The van der Waals surface area contributed by atoms with E-state index in [1.54, 1.807) is 0 Å². The lowest BCUT2D eigenvalue weighted by Gasteiger charge is -2.11. The van der Waals surface area contributed by atoms with Crippen LogP contribution in [0.5, 0.6) is 5.75 Å². The van der Waals surface area contributed by atoms with Crippen LogP contribution in [-0.2, 0) is 4.74 Å². The van der Waals surface area contributed by atoms with E-state index in [9.17, 15) is 0 Å².